The predicted octanol–water partition coefficient (Wildman–Crippen LogP) is -0.319. The van der Waals surface area contributed by atoms with Crippen LogP contribution >= 0.6 is 0 Å². The lowest BCUT2D eigenvalue weighted by molar-refractivity contribution is 0.0568. The predicted molar refractivity (Wildman–Crippen MR) is 59.0 cm³/mol. The van der Waals surface area contributed by atoms with Crippen molar-refractivity contribution >= 4 is 10.0 Å². The summed E-state index contributed by atoms with van der Waals surface area (Å²) in [6, 6.07) is 0. The highest BCUT2D eigenvalue weighted by Gasteiger charge is 2.17. The third-order valence-electron chi connectivity index (χ3n) is 2.46. The van der Waals surface area contributed by atoms with Crippen LogP contribution in [0.25, 0.3) is 0 Å². The topological polar surface area (TPSA) is 81.4 Å². The standard InChI is InChI=1S/C9H20N2O3S/c10-4-2-6-15(12,13)11-7-9-3-1-5-14-8-9/h9,11H,1-8,10H2. The van der Waals surface area contributed by atoms with Gasteiger partial charge in [0.05, 0.1) is 12.4 Å². The quantitative estimate of drug-likeness (QED) is 0.662. The first-order chi connectivity index (χ1) is 7.14. The van der Waals surface area contributed by atoms with Crippen molar-refractivity contribution in [2.24, 2.45) is 11.7 Å². The Hall–Kier alpha value is -0.170. The zero-order chi connectivity index (χ0) is 11.1. The Morgan fingerprint density at radius 2 is 2.27 bits per heavy atom. The third kappa shape index (κ3) is 5.46. The molecule has 0 aromatic rings. The van der Waals surface area contributed by atoms with Gasteiger partial charge in [-0.25, -0.2) is 13.1 Å². The van der Waals surface area contributed by atoms with Crippen molar-refractivity contribution in [3.8, 4) is 0 Å². The van der Waals surface area contributed by atoms with E-state index >= 15 is 0 Å². The SMILES string of the molecule is NCCCS(=O)(=O)NCC1CCCOC1. The number of nitrogens with one attached hydrogen (secondary N) is 1. The van der Waals surface area contributed by atoms with Crippen LogP contribution in [0.5, 0.6) is 0 Å². The second-order valence-electron chi connectivity index (χ2n) is 3.89. The van der Waals surface area contributed by atoms with Crippen LogP contribution in [0.15, 0.2) is 0 Å². The third-order valence-corrected chi connectivity index (χ3v) is 3.90. The number of sulfonamides is 1. The molecule has 0 aliphatic carbocycles. The average Bonchev–Trinajstić information content (AvgIpc) is 2.25. The number of nitrogens with two attached hydrogens (primary N) is 1. The van der Waals surface area contributed by atoms with Crippen LogP contribution in [0.2, 0.25) is 0 Å². The largest absolute Gasteiger partial charge is 0.381 e. The van der Waals surface area contributed by atoms with E-state index in [2.05, 4.69) is 4.72 Å². The molecule has 0 amide bonds. The first-order valence-corrected chi connectivity index (χ1v) is 7.04. The molecule has 1 aliphatic heterocycles. The summed E-state index contributed by atoms with van der Waals surface area (Å²) < 4.78 is 30.7. The summed E-state index contributed by atoms with van der Waals surface area (Å²) in [6.07, 6.45) is 2.57. The molecule has 6 heteroatoms. The van der Waals surface area contributed by atoms with E-state index in [1.807, 2.05) is 0 Å². The minimum Gasteiger partial charge on any atom is -0.381 e. The lowest BCUT2D eigenvalue weighted by Crippen LogP contribution is -2.34. The fraction of sp³-hybridized carbons (Fsp3) is 1.00. The summed E-state index contributed by atoms with van der Waals surface area (Å²) in [6.45, 7) is 2.37. The number of hydrogen-bond acceptors (Lipinski definition) is 4. The van der Waals surface area contributed by atoms with E-state index in [1.165, 1.54) is 0 Å². The highest BCUT2D eigenvalue weighted by molar-refractivity contribution is 7.89. The molecule has 0 radical (unpaired) electrons. The average molecular weight is 236 g/mol. The van der Waals surface area contributed by atoms with Crippen molar-refractivity contribution in [3.05, 3.63) is 0 Å². The van der Waals surface area contributed by atoms with Crippen molar-refractivity contribution in [1.29, 1.82) is 0 Å². The molecule has 1 aliphatic rings. The Balaban J connectivity index is 2.22. The molecule has 0 aromatic heterocycles. The van der Waals surface area contributed by atoms with Gasteiger partial charge in [-0.05, 0) is 31.7 Å². The van der Waals surface area contributed by atoms with Crippen molar-refractivity contribution < 1.29 is 13.2 Å². The van der Waals surface area contributed by atoms with E-state index in [1.54, 1.807) is 0 Å². The minimum absolute atomic E-state index is 0.122. The highest BCUT2D eigenvalue weighted by Crippen LogP contribution is 2.12. The first kappa shape index (κ1) is 12.9. The molecule has 1 heterocycles. The van der Waals surface area contributed by atoms with E-state index < -0.39 is 10.0 Å². The van der Waals surface area contributed by atoms with Crippen molar-refractivity contribution in [3.63, 3.8) is 0 Å². The van der Waals surface area contributed by atoms with Gasteiger partial charge in [0.2, 0.25) is 10.0 Å². The Bertz CT molecular complexity index is 261. The van der Waals surface area contributed by atoms with Crippen LogP contribution in [-0.2, 0) is 14.8 Å². The molecule has 0 bridgehead atoms. The molecule has 1 fully saturated rings. The maximum atomic E-state index is 11.4. The van der Waals surface area contributed by atoms with E-state index in [-0.39, 0.29) is 5.75 Å². The van der Waals surface area contributed by atoms with Crippen LogP contribution in [0.3, 0.4) is 0 Å². The van der Waals surface area contributed by atoms with Gasteiger partial charge in [-0.1, -0.05) is 0 Å². The Kier molecular flexibility index (Phi) is 5.52. The van der Waals surface area contributed by atoms with E-state index in [9.17, 15) is 8.42 Å². The molecule has 0 spiro atoms. The monoisotopic (exact) mass is 236 g/mol. The van der Waals surface area contributed by atoms with E-state index in [0.717, 1.165) is 19.4 Å². The van der Waals surface area contributed by atoms with Crippen LogP contribution in [-0.4, -0.2) is 40.5 Å². The maximum absolute atomic E-state index is 11.4. The second-order valence-corrected chi connectivity index (χ2v) is 5.82. The molecular formula is C9H20N2O3S. The zero-order valence-electron chi connectivity index (χ0n) is 8.94. The normalized spacial score (nSPS) is 22.9. The van der Waals surface area contributed by atoms with Gasteiger partial charge in [0.15, 0.2) is 0 Å². The van der Waals surface area contributed by atoms with Crippen LogP contribution in [0.4, 0.5) is 0 Å². The van der Waals surface area contributed by atoms with Gasteiger partial charge in [-0.2, -0.15) is 0 Å². The molecule has 3 N–H and O–H groups in total. The molecule has 15 heavy (non-hydrogen) atoms. The van der Waals surface area contributed by atoms with Crippen LogP contribution < -0.4 is 10.5 Å². The molecule has 0 aromatic carbocycles. The Morgan fingerprint density at radius 1 is 1.47 bits per heavy atom. The van der Waals surface area contributed by atoms with Gasteiger partial charge in [-0.15, -0.1) is 0 Å². The van der Waals surface area contributed by atoms with Crippen molar-refractivity contribution in [1.82, 2.24) is 4.72 Å². The molecule has 5 nitrogen and oxygen atoms in total. The van der Waals surface area contributed by atoms with Crippen LogP contribution in [0.1, 0.15) is 19.3 Å². The van der Waals surface area contributed by atoms with Gasteiger partial charge < -0.3 is 10.5 Å². The summed E-state index contributed by atoms with van der Waals surface area (Å²) in [5.74, 6) is 0.447. The highest BCUT2D eigenvalue weighted by atomic mass is 32.2. The molecule has 1 saturated heterocycles. The first-order valence-electron chi connectivity index (χ1n) is 5.39. The van der Waals surface area contributed by atoms with Crippen molar-refractivity contribution in [2.45, 2.75) is 19.3 Å². The van der Waals surface area contributed by atoms with Crippen molar-refractivity contribution in [2.75, 3.05) is 32.1 Å². The van der Waals surface area contributed by atoms with Gasteiger partial charge in [-0.3, -0.25) is 0 Å². The fourth-order valence-corrected chi connectivity index (χ4v) is 2.74. The summed E-state index contributed by atoms with van der Waals surface area (Å²) in [5, 5.41) is 0. The number of rotatable bonds is 6. The molecule has 0 saturated carbocycles. The maximum Gasteiger partial charge on any atom is 0.211 e. The van der Waals surface area contributed by atoms with Gasteiger partial charge in [0.1, 0.15) is 0 Å². The minimum atomic E-state index is -3.13. The lowest BCUT2D eigenvalue weighted by Gasteiger charge is -2.22. The van der Waals surface area contributed by atoms with Crippen LogP contribution in [0, 0.1) is 5.92 Å². The van der Waals surface area contributed by atoms with Gasteiger partial charge >= 0.3 is 0 Å². The number of ether oxygens (including phenoxy) is 1. The molecule has 1 unspecified atom stereocenters. The smallest absolute Gasteiger partial charge is 0.211 e. The zero-order valence-corrected chi connectivity index (χ0v) is 9.76. The summed E-state index contributed by atoms with van der Waals surface area (Å²) in [7, 11) is -3.13. The molecule has 90 valence electrons. The summed E-state index contributed by atoms with van der Waals surface area (Å²) in [4.78, 5) is 0. The lowest BCUT2D eigenvalue weighted by atomic mass is 10.0. The molecule has 1 rings (SSSR count). The fourth-order valence-electron chi connectivity index (χ4n) is 1.56. The van der Waals surface area contributed by atoms with E-state index in [0.29, 0.717) is 32.0 Å². The van der Waals surface area contributed by atoms with Gasteiger partial charge in [0, 0.05) is 13.2 Å². The molecular weight excluding hydrogens is 216 g/mol. The van der Waals surface area contributed by atoms with E-state index in [4.69, 9.17) is 10.5 Å². The molecule has 1 atom stereocenters. The summed E-state index contributed by atoms with van der Waals surface area (Å²) in [5.41, 5.74) is 5.26. The second kappa shape index (κ2) is 6.42. The Labute approximate surface area is 91.4 Å². The number of hydrogen-bond donors (Lipinski definition) is 2. The Morgan fingerprint density at radius 3 is 2.87 bits per heavy atom. The summed E-state index contributed by atoms with van der Waals surface area (Å²) >= 11 is 0. The van der Waals surface area contributed by atoms with Gasteiger partial charge in [0.25, 0.3) is 0 Å².